The zero-order valence-electron chi connectivity index (χ0n) is 20.2. The number of fused-ring (bicyclic) bond motifs is 1. The quantitative estimate of drug-likeness (QED) is 0.306. The average molecular weight is 500 g/mol. The van der Waals surface area contributed by atoms with Crippen molar-refractivity contribution in [2.75, 3.05) is 11.4 Å². The van der Waals surface area contributed by atoms with Gasteiger partial charge >= 0.3 is 17.9 Å². The maximum absolute atomic E-state index is 13.5. The van der Waals surface area contributed by atoms with E-state index < -0.39 is 54.6 Å². The lowest BCUT2D eigenvalue weighted by molar-refractivity contribution is -0.699. The van der Waals surface area contributed by atoms with Crippen molar-refractivity contribution in [3.8, 4) is 0 Å². The average Bonchev–Trinajstić information content (AvgIpc) is 2.98. The van der Waals surface area contributed by atoms with Gasteiger partial charge in [-0.1, -0.05) is 48.5 Å². The molecule has 0 bridgehead atoms. The Morgan fingerprint density at radius 1 is 1.11 bits per heavy atom. The van der Waals surface area contributed by atoms with Gasteiger partial charge in [0.05, 0.1) is 0 Å². The van der Waals surface area contributed by atoms with Gasteiger partial charge in [-0.25, -0.2) is 9.59 Å². The minimum absolute atomic E-state index is 0.347. The van der Waals surface area contributed by atoms with Gasteiger partial charge in [-0.2, -0.15) is 0 Å². The lowest BCUT2D eigenvalue weighted by Crippen LogP contribution is -2.99. The number of carboxylic acid groups (broad SMARTS) is 2. The van der Waals surface area contributed by atoms with Gasteiger partial charge in [-0.05, 0) is 37.0 Å². The Morgan fingerprint density at radius 2 is 1.78 bits per heavy atom. The molecule has 36 heavy (non-hydrogen) atoms. The highest BCUT2D eigenvalue weighted by Gasteiger charge is 2.39. The van der Waals surface area contributed by atoms with E-state index in [0.29, 0.717) is 31.4 Å². The normalized spacial score (nSPS) is 17.9. The molecule has 4 atom stereocenters. The number of hydrogen-bond acceptors (Lipinski definition) is 5. The maximum atomic E-state index is 13.5. The third kappa shape index (κ3) is 6.89. The van der Waals surface area contributed by atoms with E-state index >= 15 is 0 Å². The van der Waals surface area contributed by atoms with Crippen molar-refractivity contribution < 1.29 is 45.2 Å². The van der Waals surface area contributed by atoms with Gasteiger partial charge in [0.15, 0.2) is 18.2 Å². The Balaban J connectivity index is 1.82. The lowest BCUT2D eigenvalue weighted by atomic mass is 10.0. The zero-order chi connectivity index (χ0) is 26.2. The first-order chi connectivity index (χ1) is 17.2. The van der Waals surface area contributed by atoms with Crippen molar-refractivity contribution in [2.24, 2.45) is 0 Å². The van der Waals surface area contributed by atoms with E-state index in [-0.39, 0.29) is 0 Å². The molecule has 3 rings (SSSR count). The van der Waals surface area contributed by atoms with Crippen LogP contribution in [0.4, 0.5) is 5.69 Å². The number of aliphatic carboxylic acids is 2. The Kier molecular flexibility index (Phi) is 9.15. The highest BCUT2D eigenvalue weighted by molar-refractivity contribution is 6.01. The molecule has 2 aromatic carbocycles. The fourth-order valence-electron chi connectivity index (χ4n) is 4.31. The molecule has 10 heteroatoms. The van der Waals surface area contributed by atoms with E-state index in [9.17, 15) is 29.4 Å². The Labute approximate surface area is 209 Å². The largest absolute Gasteiger partial charge is 0.480 e. The summed E-state index contributed by atoms with van der Waals surface area (Å²) in [5.74, 6) is -3.34. The molecule has 0 radical (unpaired) electrons. The fraction of sp³-hybridized carbons (Fsp3) is 0.385. The van der Waals surface area contributed by atoms with Crippen molar-refractivity contribution in [2.45, 2.75) is 56.8 Å². The smallest absolute Gasteiger partial charge is 0.366 e. The van der Waals surface area contributed by atoms with Crippen LogP contribution in [0.1, 0.15) is 30.9 Å². The second-order valence-electron chi connectivity index (χ2n) is 9.00. The topological polar surface area (TPSA) is 165 Å². The molecule has 0 aromatic heterocycles. The first-order valence-corrected chi connectivity index (χ1v) is 11.9. The van der Waals surface area contributed by atoms with E-state index in [1.807, 2.05) is 42.5 Å². The predicted octanol–water partition coefficient (Wildman–Crippen LogP) is -0.389. The molecule has 192 valence electrons. The molecule has 1 unspecified atom stereocenters. The molecule has 1 amide bonds. The SMILES string of the molecule is C[C@@H](OC(=O)C(CCc1ccccc1)[NH2+][C@@H]1CCc2ccccc2N(CC(=O)O)C1=O)[C@H]([NH3+])C(=O)O. The number of aryl methyl sites for hydroxylation is 2. The molecular formula is C26H33N3O7+2. The van der Waals surface area contributed by atoms with Gasteiger partial charge in [0.1, 0.15) is 6.54 Å². The first kappa shape index (κ1) is 26.8. The van der Waals surface area contributed by atoms with Gasteiger partial charge < -0.3 is 26.0 Å². The highest BCUT2D eigenvalue weighted by atomic mass is 16.5. The highest BCUT2D eigenvalue weighted by Crippen LogP contribution is 2.26. The minimum atomic E-state index is -1.18. The van der Waals surface area contributed by atoms with E-state index in [1.165, 1.54) is 11.8 Å². The number of ether oxygens (including phenoxy) is 1. The van der Waals surface area contributed by atoms with E-state index in [4.69, 9.17) is 4.74 Å². The van der Waals surface area contributed by atoms with Crippen molar-refractivity contribution in [3.05, 3.63) is 65.7 Å². The monoisotopic (exact) mass is 499 g/mol. The molecular weight excluding hydrogens is 466 g/mol. The number of hydrogen-bond donors (Lipinski definition) is 4. The third-order valence-corrected chi connectivity index (χ3v) is 6.42. The summed E-state index contributed by atoms with van der Waals surface area (Å²) in [6.07, 6.45) is 0.873. The van der Waals surface area contributed by atoms with Crippen LogP contribution < -0.4 is 16.0 Å². The number of nitrogens with zero attached hydrogens (tertiary/aromatic N) is 1. The van der Waals surface area contributed by atoms with Crippen LogP contribution in [0.15, 0.2) is 54.6 Å². The summed E-state index contributed by atoms with van der Waals surface area (Å²) in [6, 6.07) is 14.1. The molecule has 0 fully saturated rings. The van der Waals surface area contributed by atoms with Gasteiger partial charge in [0, 0.05) is 18.5 Å². The van der Waals surface area contributed by atoms with Gasteiger partial charge in [-0.3, -0.25) is 14.5 Å². The molecule has 0 saturated carbocycles. The Bertz CT molecular complexity index is 1090. The number of carboxylic acids is 2. The van der Waals surface area contributed by atoms with Crippen LogP contribution in [0.25, 0.3) is 0 Å². The van der Waals surface area contributed by atoms with Crippen molar-refractivity contribution in [1.29, 1.82) is 0 Å². The van der Waals surface area contributed by atoms with Crippen LogP contribution in [0.5, 0.6) is 0 Å². The number of carbonyl (C=O) groups excluding carboxylic acids is 2. The number of nitrogens with two attached hydrogens (primary N) is 1. The molecule has 0 spiro atoms. The molecule has 0 saturated heterocycles. The van der Waals surface area contributed by atoms with E-state index in [0.717, 1.165) is 11.1 Å². The van der Waals surface area contributed by atoms with Crippen molar-refractivity contribution in [3.63, 3.8) is 0 Å². The standard InChI is InChI=1S/C26H31N3O7/c1-16(23(27)25(33)34)36-26(35)20(13-11-17-7-3-2-4-8-17)28-19-14-12-18-9-5-6-10-21(18)29(24(19)32)15-22(30)31/h2-10,16,19-20,23,28H,11-15,27H2,1H3,(H,30,31)(H,33,34)/p+2/t16-,19-,20?,23+/m1/s1. The summed E-state index contributed by atoms with van der Waals surface area (Å²) >= 11 is 0. The summed E-state index contributed by atoms with van der Waals surface area (Å²) in [7, 11) is 0. The maximum Gasteiger partial charge on any atom is 0.366 e. The zero-order valence-corrected chi connectivity index (χ0v) is 20.2. The van der Waals surface area contributed by atoms with E-state index in [2.05, 4.69) is 5.73 Å². The summed E-state index contributed by atoms with van der Waals surface area (Å²) in [5.41, 5.74) is 5.96. The molecule has 1 aliphatic rings. The molecule has 7 N–H and O–H groups in total. The number of benzene rings is 2. The number of rotatable bonds is 11. The van der Waals surface area contributed by atoms with Crippen molar-refractivity contribution >= 4 is 29.5 Å². The molecule has 10 nitrogen and oxygen atoms in total. The number of amides is 1. The number of carbonyl (C=O) groups is 4. The van der Waals surface area contributed by atoms with E-state index in [1.54, 1.807) is 17.4 Å². The minimum Gasteiger partial charge on any atom is -0.480 e. The van der Waals surface area contributed by atoms with Crippen molar-refractivity contribution in [1.82, 2.24) is 0 Å². The Hall–Kier alpha value is -3.76. The second kappa shape index (κ2) is 12.3. The van der Waals surface area contributed by atoms with Crippen LogP contribution in [-0.2, 0) is 36.8 Å². The van der Waals surface area contributed by atoms with Gasteiger partial charge in [0.2, 0.25) is 6.04 Å². The number of quaternary nitrogens is 2. The molecule has 1 heterocycles. The predicted molar refractivity (Wildman–Crippen MR) is 129 cm³/mol. The number of esters is 1. The summed E-state index contributed by atoms with van der Waals surface area (Å²) in [4.78, 5) is 50.7. The second-order valence-corrected chi connectivity index (χ2v) is 9.00. The molecule has 1 aliphatic heterocycles. The summed E-state index contributed by atoms with van der Waals surface area (Å²) in [6.45, 7) is 0.984. The van der Waals surface area contributed by atoms with Crippen LogP contribution in [0.3, 0.4) is 0 Å². The van der Waals surface area contributed by atoms with Gasteiger partial charge in [0.25, 0.3) is 5.91 Å². The van der Waals surface area contributed by atoms with Gasteiger partial charge in [-0.15, -0.1) is 0 Å². The van der Waals surface area contributed by atoms with Crippen LogP contribution in [0, 0.1) is 0 Å². The lowest BCUT2D eigenvalue weighted by Gasteiger charge is -2.26. The fourth-order valence-corrected chi connectivity index (χ4v) is 4.31. The van der Waals surface area contributed by atoms with Crippen LogP contribution in [-0.4, -0.2) is 64.8 Å². The Morgan fingerprint density at radius 3 is 2.44 bits per heavy atom. The number of para-hydroxylation sites is 1. The number of anilines is 1. The molecule has 2 aromatic rings. The third-order valence-electron chi connectivity index (χ3n) is 6.42. The van der Waals surface area contributed by atoms with Crippen LogP contribution >= 0.6 is 0 Å². The summed E-state index contributed by atoms with van der Waals surface area (Å²) in [5, 5.41) is 20.3. The molecule has 0 aliphatic carbocycles. The first-order valence-electron chi connectivity index (χ1n) is 11.9. The summed E-state index contributed by atoms with van der Waals surface area (Å²) < 4.78 is 5.45. The van der Waals surface area contributed by atoms with Crippen LogP contribution in [0.2, 0.25) is 0 Å².